The second kappa shape index (κ2) is 9.37. The number of aromatic nitrogens is 2. The van der Waals surface area contributed by atoms with Crippen LogP contribution in [0.2, 0.25) is 0 Å². The summed E-state index contributed by atoms with van der Waals surface area (Å²) in [6.07, 6.45) is 3.97. The zero-order valence-corrected chi connectivity index (χ0v) is 16.8. The molecule has 2 aromatic rings. The topological polar surface area (TPSA) is 73.2 Å². The van der Waals surface area contributed by atoms with Crippen LogP contribution in [-0.4, -0.2) is 40.0 Å². The van der Waals surface area contributed by atoms with E-state index in [0.29, 0.717) is 22.6 Å². The predicted octanol–water partition coefficient (Wildman–Crippen LogP) is 2.97. The Bertz CT molecular complexity index is 846. The Labute approximate surface area is 163 Å². The number of nitrogens with zero attached hydrogens (tertiary/aromatic N) is 2. The van der Waals surface area contributed by atoms with Crippen molar-refractivity contribution in [2.75, 3.05) is 12.4 Å². The summed E-state index contributed by atoms with van der Waals surface area (Å²) in [6, 6.07) is 7.50. The summed E-state index contributed by atoms with van der Waals surface area (Å²) in [6.45, 7) is 5.32. The molecule has 1 aromatic heterocycles. The number of amides is 1. The molecule has 1 aliphatic heterocycles. The van der Waals surface area contributed by atoms with Crippen LogP contribution in [0, 0.1) is 0 Å². The first-order valence-corrected chi connectivity index (χ1v) is 10.6. The average molecular weight is 390 g/mol. The molecule has 0 radical (unpaired) electrons. The van der Waals surface area contributed by atoms with Crippen LogP contribution < -0.4 is 10.9 Å². The monoisotopic (exact) mass is 389 g/mol. The first-order valence-electron chi connectivity index (χ1n) is 9.61. The molecule has 1 N–H and O–H groups in total. The van der Waals surface area contributed by atoms with Gasteiger partial charge in [0.05, 0.1) is 29.3 Å². The lowest BCUT2D eigenvalue weighted by molar-refractivity contribution is -0.119. The highest BCUT2D eigenvalue weighted by Gasteiger charge is 2.20. The van der Waals surface area contributed by atoms with E-state index in [1.54, 1.807) is 10.6 Å². The second-order valence-electron chi connectivity index (χ2n) is 7.01. The zero-order chi connectivity index (χ0) is 19.2. The molecule has 2 atom stereocenters. The molecule has 1 amide bonds. The summed E-state index contributed by atoms with van der Waals surface area (Å²) in [7, 11) is 0. The van der Waals surface area contributed by atoms with Gasteiger partial charge in [0.25, 0.3) is 5.56 Å². The molecule has 3 rings (SSSR count). The molecule has 0 spiro atoms. The maximum atomic E-state index is 13.0. The van der Waals surface area contributed by atoms with Gasteiger partial charge in [-0.1, -0.05) is 37.2 Å². The van der Waals surface area contributed by atoms with Crippen molar-refractivity contribution in [3.8, 4) is 0 Å². The molecule has 146 valence electrons. The number of carbonyl (C=O) groups is 1. The minimum Gasteiger partial charge on any atom is -0.376 e. The van der Waals surface area contributed by atoms with Gasteiger partial charge in [-0.3, -0.25) is 14.2 Å². The Morgan fingerprint density at radius 2 is 2.26 bits per heavy atom. The molecule has 0 aliphatic carbocycles. The van der Waals surface area contributed by atoms with Gasteiger partial charge in [0.15, 0.2) is 5.16 Å². The number of rotatable bonds is 8. The fraction of sp³-hybridized carbons (Fsp3) is 0.550. The first-order chi connectivity index (χ1) is 13.1. The van der Waals surface area contributed by atoms with E-state index >= 15 is 0 Å². The smallest absolute Gasteiger partial charge is 0.262 e. The molecule has 1 fully saturated rings. The summed E-state index contributed by atoms with van der Waals surface area (Å²) in [5.41, 5.74) is 0.590. The molecule has 27 heavy (non-hydrogen) atoms. The van der Waals surface area contributed by atoms with Gasteiger partial charge in [0.2, 0.25) is 5.91 Å². The van der Waals surface area contributed by atoms with Crippen LogP contribution in [0.5, 0.6) is 0 Å². The molecule has 2 unspecified atom stereocenters. The van der Waals surface area contributed by atoms with Crippen LogP contribution >= 0.6 is 11.8 Å². The lowest BCUT2D eigenvalue weighted by atomic mass is 10.2. The lowest BCUT2D eigenvalue weighted by Gasteiger charge is -2.17. The number of para-hydroxylation sites is 1. The van der Waals surface area contributed by atoms with E-state index in [4.69, 9.17) is 4.74 Å². The summed E-state index contributed by atoms with van der Waals surface area (Å²) in [4.78, 5) is 29.9. The van der Waals surface area contributed by atoms with Gasteiger partial charge in [0.1, 0.15) is 0 Å². The third-order valence-corrected chi connectivity index (χ3v) is 5.67. The minimum atomic E-state index is -0.0710. The normalized spacial score (nSPS) is 17.9. The van der Waals surface area contributed by atoms with Gasteiger partial charge >= 0.3 is 0 Å². The van der Waals surface area contributed by atoms with Crippen LogP contribution in [0.3, 0.4) is 0 Å². The van der Waals surface area contributed by atoms with E-state index in [1.165, 1.54) is 11.8 Å². The number of ether oxygens (including phenoxy) is 1. The van der Waals surface area contributed by atoms with Gasteiger partial charge in [-0.15, -0.1) is 0 Å². The summed E-state index contributed by atoms with van der Waals surface area (Å²) in [5.74, 6) is 0.205. The second-order valence-corrected chi connectivity index (χ2v) is 7.95. The Kier molecular flexibility index (Phi) is 6.90. The average Bonchev–Trinajstić information content (AvgIpc) is 3.16. The van der Waals surface area contributed by atoms with Crippen LogP contribution in [0.4, 0.5) is 0 Å². The van der Waals surface area contributed by atoms with Crippen LogP contribution in [0.25, 0.3) is 10.9 Å². The van der Waals surface area contributed by atoms with Crippen molar-refractivity contribution in [1.29, 1.82) is 0 Å². The van der Waals surface area contributed by atoms with E-state index in [-0.39, 0.29) is 29.4 Å². The first kappa shape index (κ1) is 19.9. The van der Waals surface area contributed by atoms with Gasteiger partial charge in [-0.05, 0) is 38.3 Å². The van der Waals surface area contributed by atoms with Crippen molar-refractivity contribution >= 4 is 28.6 Å². The maximum absolute atomic E-state index is 13.0. The number of fused-ring (bicyclic) bond motifs is 1. The van der Waals surface area contributed by atoms with E-state index in [2.05, 4.69) is 17.2 Å². The Morgan fingerprint density at radius 1 is 1.44 bits per heavy atom. The minimum absolute atomic E-state index is 0.0309. The van der Waals surface area contributed by atoms with Crippen LogP contribution in [0.15, 0.2) is 34.2 Å². The molecule has 1 aromatic carbocycles. The molecule has 0 bridgehead atoms. The predicted molar refractivity (Wildman–Crippen MR) is 108 cm³/mol. The van der Waals surface area contributed by atoms with Crippen LogP contribution in [-0.2, 0) is 16.1 Å². The molecular weight excluding hydrogens is 362 g/mol. The van der Waals surface area contributed by atoms with Gasteiger partial charge < -0.3 is 10.1 Å². The summed E-state index contributed by atoms with van der Waals surface area (Å²) in [5, 5.41) is 4.17. The maximum Gasteiger partial charge on any atom is 0.262 e. The number of hydrogen-bond donors (Lipinski definition) is 1. The Hall–Kier alpha value is -1.86. The zero-order valence-electron chi connectivity index (χ0n) is 15.9. The van der Waals surface area contributed by atoms with Crippen molar-refractivity contribution in [3.63, 3.8) is 0 Å². The third-order valence-electron chi connectivity index (χ3n) is 4.70. The summed E-state index contributed by atoms with van der Waals surface area (Å²) < 4.78 is 7.38. The standard InChI is InChI=1S/C20H27N3O3S/c1-3-7-14(2)21-18(24)13-27-20-22-17-10-5-4-9-16(17)19(25)23(20)12-15-8-6-11-26-15/h4-5,9-10,14-15H,3,6-8,11-13H2,1-2H3,(H,21,24). The van der Waals surface area contributed by atoms with Crippen molar-refractivity contribution < 1.29 is 9.53 Å². The quantitative estimate of drug-likeness (QED) is 0.555. The van der Waals surface area contributed by atoms with Crippen molar-refractivity contribution in [1.82, 2.24) is 14.9 Å². The fourth-order valence-electron chi connectivity index (χ4n) is 3.36. The molecule has 2 heterocycles. The molecule has 0 saturated carbocycles. The fourth-order valence-corrected chi connectivity index (χ4v) is 4.18. The Balaban J connectivity index is 1.81. The summed E-state index contributed by atoms with van der Waals surface area (Å²) >= 11 is 1.31. The molecule has 6 nitrogen and oxygen atoms in total. The molecule has 7 heteroatoms. The Morgan fingerprint density at radius 3 is 3.00 bits per heavy atom. The van der Waals surface area contributed by atoms with Gasteiger partial charge in [0, 0.05) is 12.6 Å². The number of thioether (sulfide) groups is 1. The SMILES string of the molecule is CCCC(C)NC(=O)CSc1nc2ccccc2c(=O)n1CC1CCCO1. The van der Waals surface area contributed by atoms with Crippen molar-refractivity contribution in [3.05, 3.63) is 34.6 Å². The number of nitrogens with one attached hydrogen (secondary N) is 1. The largest absolute Gasteiger partial charge is 0.376 e. The molecule has 1 aliphatic rings. The van der Waals surface area contributed by atoms with Gasteiger partial charge in [-0.25, -0.2) is 4.98 Å². The van der Waals surface area contributed by atoms with Crippen molar-refractivity contribution in [2.24, 2.45) is 0 Å². The van der Waals surface area contributed by atoms with E-state index in [1.807, 2.05) is 25.1 Å². The number of carbonyl (C=O) groups excluding carboxylic acids is 1. The van der Waals surface area contributed by atoms with E-state index in [0.717, 1.165) is 32.3 Å². The lowest BCUT2D eigenvalue weighted by Crippen LogP contribution is -2.34. The highest BCUT2D eigenvalue weighted by atomic mass is 32.2. The number of hydrogen-bond acceptors (Lipinski definition) is 5. The molecule has 1 saturated heterocycles. The van der Waals surface area contributed by atoms with Crippen molar-refractivity contribution in [2.45, 2.75) is 63.4 Å². The number of benzene rings is 1. The van der Waals surface area contributed by atoms with Gasteiger partial charge in [-0.2, -0.15) is 0 Å². The van der Waals surface area contributed by atoms with Crippen LogP contribution in [0.1, 0.15) is 39.5 Å². The third kappa shape index (κ3) is 5.11. The highest BCUT2D eigenvalue weighted by Crippen LogP contribution is 2.21. The highest BCUT2D eigenvalue weighted by molar-refractivity contribution is 7.99. The van der Waals surface area contributed by atoms with E-state index < -0.39 is 0 Å². The van der Waals surface area contributed by atoms with E-state index in [9.17, 15) is 9.59 Å². The molecular formula is C20H27N3O3S.